The molecule has 2 N–H and O–H groups in total. The maximum Gasteiger partial charge on any atom is 0.258 e. The Morgan fingerprint density at radius 1 is 1.00 bits per heavy atom. The van der Waals surface area contributed by atoms with Gasteiger partial charge in [0.2, 0.25) is 5.91 Å². The summed E-state index contributed by atoms with van der Waals surface area (Å²) in [5.74, 6) is 0.0754. The monoisotopic (exact) mass is 354 g/mol. The predicted molar refractivity (Wildman–Crippen MR) is 92.4 cm³/mol. The normalized spacial score (nSPS) is 10.2. The van der Waals surface area contributed by atoms with Crippen LogP contribution in [0.3, 0.4) is 0 Å². The van der Waals surface area contributed by atoms with Crippen LogP contribution in [0.1, 0.15) is 30.9 Å². The zero-order valence-electron chi connectivity index (χ0n) is 14.2. The van der Waals surface area contributed by atoms with Crippen molar-refractivity contribution in [3.05, 3.63) is 28.3 Å². The molecule has 2 amide bonds. The van der Waals surface area contributed by atoms with Gasteiger partial charge in [-0.1, -0.05) is 11.6 Å². The fraction of sp³-hybridized carbons (Fsp3) is 0.471. The average molecular weight is 355 g/mol. The van der Waals surface area contributed by atoms with E-state index in [1.165, 1.54) is 6.92 Å². The maximum absolute atomic E-state index is 11.7. The average Bonchev–Trinajstić information content (AvgIpc) is 2.52. The number of aryl methyl sites for hydroxylation is 2. The van der Waals surface area contributed by atoms with Gasteiger partial charge in [0.1, 0.15) is 11.5 Å². The molecule has 132 valence electrons. The molecular weight excluding hydrogens is 332 g/mol. The number of hydrogen-bond acceptors (Lipinski definition) is 4. The van der Waals surface area contributed by atoms with Crippen LogP contribution in [0.4, 0.5) is 0 Å². The van der Waals surface area contributed by atoms with Crippen molar-refractivity contribution >= 4 is 29.2 Å². The van der Waals surface area contributed by atoms with Crippen molar-refractivity contribution < 1.29 is 19.1 Å². The summed E-state index contributed by atoms with van der Waals surface area (Å²) in [6.07, 6.45) is 0.396. The van der Waals surface area contributed by atoms with Crippen LogP contribution < -0.4 is 15.4 Å². The van der Waals surface area contributed by atoms with E-state index in [4.69, 9.17) is 16.3 Å². The predicted octanol–water partition coefficient (Wildman–Crippen LogP) is 1.94. The molecule has 0 aliphatic carbocycles. The van der Waals surface area contributed by atoms with E-state index >= 15 is 0 Å². The number of ketones is 1. The van der Waals surface area contributed by atoms with Gasteiger partial charge in [-0.05, 0) is 44.0 Å². The molecular formula is C17H23ClN2O4. The summed E-state index contributed by atoms with van der Waals surface area (Å²) in [5, 5.41) is 5.96. The lowest BCUT2D eigenvalue weighted by Gasteiger charge is -2.10. The molecule has 0 saturated heterocycles. The Morgan fingerprint density at radius 3 is 2.08 bits per heavy atom. The SMILES string of the molecule is CC(=O)CCC(=O)NCCNC(=O)COc1cc(C)c(Cl)c(C)c1. The molecule has 0 aliphatic heterocycles. The van der Waals surface area contributed by atoms with Gasteiger partial charge < -0.3 is 20.2 Å². The first-order chi connectivity index (χ1) is 11.3. The number of nitrogens with one attached hydrogen (secondary N) is 2. The Hall–Kier alpha value is -2.08. The number of hydrogen-bond donors (Lipinski definition) is 2. The second-order valence-corrected chi connectivity index (χ2v) is 5.94. The molecule has 0 bridgehead atoms. The minimum atomic E-state index is -0.279. The van der Waals surface area contributed by atoms with Gasteiger partial charge in [-0.2, -0.15) is 0 Å². The second-order valence-electron chi connectivity index (χ2n) is 5.56. The van der Waals surface area contributed by atoms with Gasteiger partial charge in [0.15, 0.2) is 6.61 Å². The summed E-state index contributed by atoms with van der Waals surface area (Å²) in [6, 6.07) is 3.55. The molecule has 6 nitrogen and oxygen atoms in total. The molecule has 1 rings (SSSR count). The highest BCUT2D eigenvalue weighted by atomic mass is 35.5. The minimum Gasteiger partial charge on any atom is -0.484 e. The van der Waals surface area contributed by atoms with E-state index in [0.29, 0.717) is 23.9 Å². The number of benzene rings is 1. The molecule has 0 saturated carbocycles. The van der Waals surface area contributed by atoms with Crippen LogP contribution in [-0.2, 0) is 14.4 Å². The van der Waals surface area contributed by atoms with E-state index in [1.807, 2.05) is 13.8 Å². The number of rotatable bonds is 9. The largest absolute Gasteiger partial charge is 0.484 e. The van der Waals surface area contributed by atoms with E-state index in [1.54, 1.807) is 12.1 Å². The van der Waals surface area contributed by atoms with Gasteiger partial charge in [-0.15, -0.1) is 0 Å². The summed E-state index contributed by atoms with van der Waals surface area (Å²) < 4.78 is 5.43. The van der Waals surface area contributed by atoms with Crippen molar-refractivity contribution in [2.24, 2.45) is 0 Å². The zero-order valence-corrected chi connectivity index (χ0v) is 15.0. The number of amides is 2. The van der Waals surface area contributed by atoms with E-state index in [2.05, 4.69) is 10.6 Å². The molecule has 0 heterocycles. The molecule has 0 aliphatic rings. The van der Waals surface area contributed by atoms with Gasteiger partial charge in [0.05, 0.1) is 0 Å². The molecule has 0 aromatic heterocycles. The van der Waals surface area contributed by atoms with Crippen molar-refractivity contribution in [3.8, 4) is 5.75 Å². The number of Topliss-reactive ketones (excluding diaryl/α,β-unsaturated/α-hetero) is 1. The first kappa shape index (κ1) is 20.0. The van der Waals surface area contributed by atoms with Gasteiger partial charge in [0, 0.05) is 31.0 Å². The van der Waals surface area contributed by atoms with Crippen molar-refractivity contribution in [1.82, 2.24) is 10.6 Å². The summed E-state index contributed by atoms with van der Waals surface area (Å²) in [6.45, 7) is 5.68. The molecule has 24 heavy (non-hydrogen) atoms. The third-order valence-corrected chi connectivity index (χ3v) is 3.85. The van der Waals surface area contributed by atoms with E-state index < -0.39 is 0 Å². The molecule has 0 atom stereocenters. The van der Waals surface area contributed by atoms with Gasteiger partial charge >= 0.3 is 0 Å². The van der Waals surface area contributed by atoms with Gasteiger partial charge in [0.25, 0.3) is 5.91 Å². The molecule has 0 fully saturated rings. The molecule has 1 aromatic carbocycles. The third kappa shape index (κ3) is 7.46. The summed E-state index contributed by atoms with van der Waals surface area (Å²) in [7, 11) is 0. The fourth-order valence-corrected chi connectivity index (χ4v) is 2.08. The molecule has 0 spiro atoms. The topological polar surface area (TPSA) is 84.5 Å². The van der Waals surface area contributed by atoms with Crippen molar-refractivity contribution in [2.75, 3.05) is 19.7 Å². The highest BCUT2D eigenvalue weighted by molar-refractivity contribution is 6.32. The Labute approximate surface area is 146 Å². The van der Waals surface area contributed by atoms with Crippen LogP contribution in [0.5, 0.6) is 5.75 Å². The highest BCUT2D eigenvalue weighted by Gasteiger charge is 2.07. The summed E-state index contributed by atoms with van der Waals surface area (Å²) >= 11 is 6.07. The lowest BCUT2D eigenvalue weighted by molar-refractivity contribution is -0.125. The number of carbonyl (C=O) groups excluding carboxylic acids is 3. The van der Waals surface area contributed by atoms with Crippen LogP contribution in [-0.4, -0.2) is 37.3 Å². The van der Waals surface area contributed by atoms with Crippen LogP contribution in [0.25, 0.3) is 0 Å². The van der Waals surface area contributed by atoms with Crippen LogP contribution in [0.2, 0.25) is 5.02 Å². The van der Waals surface area contributed by atoms with E-state index in [-0.39, 0.29) is 37.0 Å². The number of halogens is 1. The Balaban J connectivity index is 2.23. The molecule has 0 unspecified atom stereocenters. The van der Waals surface area contributed by atoms with Crippen molar-refractivity contribution in [3.63, 3.8) is 0 Å². The standard InChI is InChI=1S/C17H23ClN2O4/c1-11-8-14(9-12(2)17(11)18)24-10-16(23)20-7-6-19-15(22)5-4-13(3)21/h8-9H,4-7,10H2,1-3H3,(H,19,22)(H,20,23). The van der Waals surface area contributed by atoms with Crippen LogP contribution in [0.15, 0.2) is 12.1 Å². The van der Waals surface area contributed by atoms with Crippen LogP contribution in [0, 0.1) is 13.8 Å². The highest BCUT2D eigenvalue weighted by Crippen LogP contribution is 2.25. The first-order valence-corrected chi connectivity index (χ1v) is 8.09. The van der Waals surface area contributed by atoms with Gasteiger partial charge in [-0.3, -0.25) is 9.59 Å². The minimum absolute atomic E-state index is 0.0247. The Bertz CT molecular complexity index is 594. The fourth-order valence-electron chi connectivity index (χ4n) is 1.97. The summed E-state index contributed by atoms with van der Waals surface area (Å²) in [4.78, 5) is 33.8. The Morgan fingerprint density at radius 2 is 1.54 bits per heavy atom. The zero-order chi connectivity index (χ0) is 18.1. The Kier molecular flexibility index (Phi) is 8.26. The van der Waals surface area contributed by atoms with Crippen molar-refractivity contribution in [2.45, 2.75) is 33.6 Å². The van der Waals surface area contributed by atoms with E-state index in [0.717, 1.165) is 11.1 Å². The van der Waals surface area contributed by atoms with Crippen LogP contribution >= 0.6 is 11.6 Å². The number of ether oxygens (including phenoxy) is 1. The quantitative estimate of drug-likeness (QED) is 0.664. The first-order valence-electron chi connectivity index (χ1n) is 7.72. The van der Waals surface area contributed by atoms with Crippen molar-refractivity contribution in [1.29, 1.82) is 0 Å². The lowest BCUT2D eigenvalue weighted by Crippen LogP contribution is -2.36. The summed E-state index contributed by atoms with van der Waals surface area (Å²) in [5.41, 5.74) is 1.78. The van der Waals surface area contributed by atoms with E-state index in [9.17, 15) is 14.4 Å². The molecule has 1 aromatic rings. The third-order valence-electron chi connectivity index (χ3n) is 3.25. The lowest BCUT2D eigenvalue weighted by atomic mass is 10.1. The second kappa shape index (κ2) is 9.93. The molecule has 7 heteroatoms. The smallest absolute Gasteiger partial charge is 0.258 e. The molecule has 0 radical (unpaired) electrons. The maximum atomic E-state index is 11.7. The number of carbonyl (C=O) groups is 3. The van der Waals surface area contributed by atoms with Gasteiger partial charge in [-0.25, -0.2) is 0 Å².